The van der Waals surface area contributed by atoms with Crippen LogP contribution in [0.2, 0.25) is 0 Å². The Morgan fingerprint density at radius 2 is 1.44 bits per heavy atom. The van der Waals surface area contributed by atoms with Gasteiger partial charge in [0.05, 0.1) is 0 Å². The molecule has 1 fully saturated rings. The van der Waals surface area contributed by atoms with E-state index in [1.54, 1.807) is 0 Å². The van der Waals surface area contributed by atoms with Gasteiger partial charge in [0.25, 0.3) is 0 Å². The Labute approximate surface area is 159 Å². The van der Waals surface area contributed by atoms with Gasteiger partial charge < -0.3 is 14.4 Å². The summed E-state index contributed by atoms with van der Waals surface area (Å²) in [5.41, 5.74) is 2.00. The van der Waals surface area contributed by atoms with E-state index in [4.69, 9.17) is 9.47 Å². The minimum absolute atomic E-state index is 0.210. The van der Waals surface area contributed by atoms with Crippen LogP contribution in [0.15, 0.2) is 67.0 Å². The number of aromatic nitrogens is 2. The maximum Gasteiger partial charge on any atom is 0.316 e. The Balaban J connectivity index is 1.38. The highest BCUT2D eigenvalue weighted by Crippen LogP contribution is 2.25. The van der Waals surface area contributed by atoms with Crippen molar-refractivity contribution in [2.45, 2.75) is 18.9 Å². The van der Waals surface area contributed by atoms with Crippen LogP contribution >= 0.6 is 0 Å². The van der Waals surface area contributed by atoms with Crippen molar-refractivity contribution in [1.29, 1.82) is 0 Å². The Hall–Kier alpha value is -2.92. The molecule has 5 heteroatoms. The molecule has 1 aliphatic rings. The minimum Gasteiger partial charge on any atom is -0.460 e. The van der Waals surface area contributed by atoms with Gasteiger partial charge in [0.2, 0.25) is 0 Å². The molecule has 0 spiro atoms. The van der Waals surface area contributed by atoms with Crippen LogP contribution in [0.1, 0.15) is 12.8 Å². The molecule has 3 aromatic rings. The standard InChI is InChI=1S/C22H23N3O2/c1-25-13-11-21(12-14-25)27-22-23-15-18(16-24-22)17-7-9-20(10-8-17)26-19-5-3-2-4-6-19/h2-10,15-16,21H,11-14H2,1H3. The molecule has 2 aromatic carbocycles. The number of ether oxygens (including phenoxy) is 2. The van der Waals surface area contributed by atoms with Gasteiger partial charge in [-0.3, -0.25) is 0 Å². The zero-order valence-corrected chi connectivity index (χ0v) is 15.4. The minimum atomic E-state index is 0.210. The Morgan fingerprint density at radius 1 is 0.815 bits per heavy atom. The van der Waals surface area contributed by atoms with Gasteiger partial charge in [-0.1, -0.05) is 30.3 Å². The number of piperidine rings is 1. The van der Waals surface area contributed by atoms with Crippen LogP contribution in [-0.2, 0) is 0 Å². The van der Waals surface area contributed by atoms with Crippen molar-refractivity contribution in [2.24, 2.45) is 0 Å². The third-order valence-electron chi connectivity index (χ3n) is 4.73. The van der Waals surface area contributed by atoms with Crippen LogP contribution in [-0.4, -0.2) is 41.1 Å². The highest BCUT2D eigenvalue weighted by atomic mass is 16.5. The van der Waals surface area contributed by atoms with Crippen molar-refractivity contribution in [3.63, 3.8) is 0 Å². The van der Waals surface area contributed by atoms with E-state index in [9.17, 15) is 0 Å². The predicted molar refractivity (Wildman–Crippen MR) is 105 cm³/mol. The van der Waals surface area contributed by atoms with Crippen molar-refractivity contribution in [1.82, 2.24) is 14.9 Å². The summed E-state index contributed by atoms with van der Waals surface area (Å²) >= 11 is 0. The second-order valence-electron chi connectivity index (χ2n) is 6.81. The van der Waals surface area contributed by atoms with E-state index in [0.717, 1.165) is 48.6 Å². The summed E-state index contributed by atoms with van der Waals surface area (Å²) in [6.07, 6.45) is 5.87. The number of para-hydroxylation sites is 1. The summed E-state index contributed by atoms with van der Waals surface area (Å²) in [5.74, 6) is 1.62. The monoisotopic (exact) mass is 361 g/mol. The smallest absolute Gasteiger partial charge is 0.316 e. The zero-order valence-electron chi connectivity index (χ0n) is 15.4. The lowest BCUT2D eigenvalue weighted by Gasteiger charge is -2.28. The summed E-state index contributed by atoms with van der Waals surface area (Å²) < 4.78 is 11.7. The third kappa shape index (κ3) is 4.63. The van der Waals surface area contributed by atoms with Crippen molar-refractivity contribution in [3.05, 3.63) is 67.0 Å². The third-order valence-corrected chi connectivity index (χ3v) is 4.73. The van der Waals surface area contributed by atoms with E-state index >= 15 is 0 Å². The first-order valence-electron chi connectivity index (χ1n) is 9.27. The number of nitrogens with zero attached hydrogens (tertiary/aromatic N) is 3. The molecule has 0 radical (unpaired) electrons. The molecule has 0 saturated carbocycles. The van der Waals surface area contributed by atoms with Crippen LogP contribution in [0.3, 0.4) is 0 Å². The molecule has 0 unspecified atom stereocenters. The second-order valence-corrected chi connectivity index (χ2v) is 6.81. The quantitative estimate of drug-likeness (QED) is 0.674. The predicted octanol–water partition coefficient (Wildman–Crippen LogP) is 4.41. The fourth-order valence-corrected chi connectivity index (χ4v) is 3.12. The lowest BCUT2D eigenvalue weighted by molar-refractivity contribution is 0.105. The topological polar surface area (TPSA) is 47.5 Å². The molecule has 2 heterocycles. The maximum absolute atomic E-state index is 5.91. The Bertz CT molecular complexity index is 843. The van der Waals surface area contributed by atoms with Gasteiger partial charge in [0, 0.05) is 31.0 Å². The van der Waals surface area contributed by atoms with Crippen LogP contribution in [0, 0.1) is 0 Å². The average molecular weight is 361 g/mol. The highest BCUT2D eigenvalue weighted by Gasteiger charge is 2.18. The molecule has 0 bridgehead atoms. The normalized spacial score (nSPS) is 15.4. The van der Waals surface area contributed by atoms with Gasteiger partial charge in [-0.05, 0) is 49.7 Å². The molecule has 0 N–H and O–H groups in total. The first-order chi connectivity index (χ1) is 13.3. The number of hydrogen-bond acceptors (Lipinski definition) is 5. The Kier molecular flexibility index (Phi) is 5.30. The molecule has 5 nitrogen and oxygen atoms in total. The fraction of sp³-hybridized carbons (Fsp3) is 0.273. The van der Waals surface area contributed by atoms with Crippen molar-refractivity contribution >= 4 is 0 Å². The largest absolute Gasteiger partial charge is 0.460 e. The molecule has 1 aromatic heterocycles. The maximum atomic E-state index is 5.91. The van der Waals surface area contributed by atoms with Crippen LogP contribution < -0.4 is 9.47 Å². The van der Waals surface area contributed by atoms with Crippen molar-refractivity contribution in [2.75, 3.05) is 20.1 Å². The number of likely N-dealkylation sites (tertiary alicyclic amines) is 1. The molecule has 4 rings (SSSR count). The summed E-state index contributed by atoms with van der Waals surface area (Å²) in [5, 5.41) is 0. The number of benzene rings is 2. The lowest BCUT2D eigenvalue weighted by Crippen LogP contribution is -2.35. The van der Waals surface area contributed by atoms with E-state index < -0.39 is 0 Å². The van der Waals surface area contributed by atoms with Crippen LogP contribution in [0.25, 0.3) is 11.1 Å². The summed E-state index contributed by atoms with van der Waals surface area (Å²) in [4.78, 5) is 11.1. The first-order valence-corrected chi connectivity index (χ1v) is 9.27. The van der Waals surface area contributed by atoms with E-state index in [1.807, 2.05) is 67.0 Å². The number of rotatable bonds is 5. The van der Waals surface area contributed by atoms with E-state index in [-0.39, 0.29) is 6.10 Å². The summed E-state index contributed by atoms with van der Waals surface area (Å²) in [6, 6.07) is 18.1. The molecule has 0 aliphatic carbocycles. The molecule has 27 heavy (non-hydrogen) atoms. The van der Waals surface area contributed by atoms with Crippen molar-refractivity contribution in [3.8, 4) is 28.6 Å². The van der Waals surface area contributed by atoms with E-state index in [1.165, 1.54) is 0 Å². The Morgan fingerprint density at radius 3 is 2.11 bits per heavy atom. The number of hydrogen-bond donors (Lipinski definition) is 0. The van der Waals surface area contributed by atoms with E-state index in [0.29, 0.717) is 6.01 Å². The highest BCUT2D eigenvalue weighted by molar-refractivity contribution is 5.62. The molecule has 0 amide bonds. The van der Waals surface area contributed by atoms with Crippen LogP contribution in [0.5, 0.6) is 17.5 Å². The second kappa shape index (κ2) is 8.18. The molecule has 1 saturated heterocycles. The fourth-order valence-electron chi connectivity index (χ4n) is 3.12. The lowest BCUT2D eigenvalue weighted by atomic mass is 10.1. The van der Waals surface area contributed by atoms with Gasteiger partial charge in [0.1, 0.15) is 17.6 Å². The van der Waals surface area contributed by atoms with Gasteiger partial charge >= 0.3 is 6.01 Å². The zero-order chi connectivity index (χ0) is 18.5. The molecular formula is C22H23N3O2. The van der Waals surface area contributed by atoms with Gasteiger partial charge in [-0.25, -0.2) is 9.97 Å². The van der Waals surface area contributed by atoms with Crippen molar-refractivity contribution < 1.29 is 9.47 Å². The van der Waals surface area contributed by atoms with Gasteiger partial charge in [0.15, 0.2) is 0 Å². The summed E-state index contributed by atoms with van der Waals surface area (Å²) in [7, 11) is 2.14. The van der Waals surface area contributed by atoms with Gasteiger partial charge in [-0.2, -0.15) is 0 Å². The molecule has 1 aliphatic heterocycles. The average Bonchev–Trinajstić information content (AvgIpc) is 2.72. The molecular weight excluding hydrogens is 338 g/mol. The van der Waals surface area contributed by atoms with Gasteiger partial charge in [-0.15, -0.1) is 0 Å². The van der Waals surface area contributed by atoms with E-state index in [2.05, 4.69) is 21.9 Å². The first kappa shape index (κ1) is 17.5. The molecule has 138 valence electrons. The molecule has 0 atom stereocenters. The SMILES string of the molecule is CN1CCC(Oc2ncc(-c3ccc(Oc4ccccc4)cc3)cn2)CC1. The van der Waals surface area contributed by atoms with Crippen LogP contribution in [0.4, 0.5) is 0 Å². The summed E-state index contributed by atoms with van der Waals surface area (Å²) in [6.45, 7) is 2.11.